The maximum absolute atomic E-state index is 15.0. The Balaban J connectivity index is 1.36. The van der Waals surface area contributed by atoms with Gasteiger partial charge in [-0.25, -0.2) is 13.4 Å². The number of hydrogen-bond acceptors (Lipinski definition) is 10. The molecule has 3 fully saturated rings. The van der Waals surface area contributed by atoms with Crippen molar-refractivity contribution in [1.29, 1.82) is 0 Å². The summed E-state index contributed by atoms with van der Waals surface area (Å²) in [7, 11) is -3.93. The van der Waals surface area contributed by atoms with Crippen LogP contribution in [0.25, 0.3) is 10.8 Å². The second-order valence-corrected chi connectivity index (χ2v) is 19.0. The zero-order chi connectivity index (χ0) is 42.2. The Kier molecular flexibility index (Phi) is 12.6. The van der Waals surface area contributed by atoms with Crippen LogP contribution in [0.2, 0.25) is 0 Å². The van der Waals surface area contributed by atoms with Crippen molar-refractivity contribution >= 4 is 44.4 Å². The van der Waals surface area contributed by atoms with Crippen LogP contribution in [0.1, 0.15) is 98.8 Å². The van der Waals surface area contributed by atoms with Crippen molar-refractivity contribution in [1.82, 2.24) is 14.6 Å². The lowest BCUT2D eigenvalue weighted by Gasteiger charge is -2.34. The molecular weight excluding hydrogens is 780 g/mol. The van der Waals surface area contributed by atoms with Gasteiger partial charge >= 0.3 is 12.1 Å². The van der Waals surface area contributed by atoms with Crippen molar-refractivity contribution in [2.24, 2.45) is 29.1 Å². The van der Waals surface area contributed by atoms with Crippen LogP contribution in [0.15, 0.2) is 42.6 Å². The highest BCUT2D eigenvalue weighted by Crippen LogP contribution is 2.57. The number of hydrogen-bond donors (Lipinski definition) is 1. The number of halogens is 3. The van der Waals surface area contributed by atoms with Crippen molar-refractivity contribution < 1.29 is 55.0 Å². The van der Waals surface area contributed by atoms with E-state index in [-0.39, 0.29) is 37.6 Å². The number of fused-ring (bicyclic) bond motifs is 3. The number of sulfonamides is 1. The molecule has 0 radical (unpaired) electrons. The normalized spacial score (nSPS) is 29.1. The van der Waals surface area contributed by atoms with Crippen LogP contribution in [0.4, 0.5) is 13.2 Å². The van der Waals surface area contributed by atoms with Crippen LogP contribution < -0.4 is 14.2 Å². The largest absolute Gasteiger partial charge is 0.494 e. The fourth-order valence-electron chi connectivity index (χ4n) is 8.44. The first-order chi connectivity index (χ1) is 27.3. The van der Waals surface area contributed by atoms with Crippen LogP contribution in [0.5, 0.6) is 11.6 Å². The van der Waals surface area contributed by atoms with Gasteiger partial charge in [0.1, 0.15) is 11.9 Å². The fourth-order valence-corrected chi connectivity index (χ4v) is 9.83. The average Bonchev–Trinajstić information content (AvgIpc) is 4.07. The van der Waals surface area contributed by atoms with Gasteiger partial charge in [0.2, 0.25) is 33.3 Å². The Morgan fingerprint density at radius 3 is 2.48 bits per heavy atom. The number of benzene rings is 1. The summed E-state index contributed by atoms with van der Waals surface area (Å²) >= 11 is 0. The number of esters is 1. The number of alkyl halides is 3. The van der Waals surface area contributed by atoms with Crippen molar-refractivity contribution in [2.75, 3.05) is 13.2 Å². The van der Waals surface area contributed by atoms with E-state index in [1.54, 1.807) is 24.4 Å². The molecule has 2 saturated carbocycles. The van der Waals surface area contributed by atoms with Crippen molar-refractivity contribution in [3.8, 4) is 11.6 Å². The van der Waals surface area contributed by atoms with E-state index in [0.717, 1.165) is 19.2 Å². The molecule has 0 spiro atoms. The van der Waals surface area contributed by atoms with E-state index in [9.17, 15) is 40.8 Å². The summed E-state index contributed by atoms with van der Waals surface area (Å²) in [5, 5.41) is 0.769. The molecule has 1 aromatic carbocycles. The first-order valence-electron chi connectivity index (χ1n) is 20.3. The van der Waals surface area contributed by atoms with E-state index in [1.807, 2.05) is 39.0 Å². The monoisotopic (exact) mass is 833 g/mol. The second-order valence-electron chi connectivity index (χ2n) is 17.0. The molecule has 0 bridgehead atoms. The molecule has 16 heteroatoms. The Hall–Kier alpha value is -4.21. The number of ether oxygens (including phenoxy) is 3. The van der Waals surface area contributed by atoms with E-state index in [2.05, 4.69) is 9.71 Å². The van der Waals surface area contributed by atoms with Crippen LogP contribution >= 0.6 is 0 Å². The molecule has 3 heterocycles. The molecule has 1 saturated heterocycles. The SMILES string of the molecule is CCOc1ccc2c(O[C@@H]3C[C@H]4C(=O)C[C@]5(C(=O)NS(=O)(=O)C6CC6)C[C@H]5/C=C\CC[C@@H](C)C[C@@H](CC)[C@H](CC(=O)OC(C)(C)C(F)(F)F)C(=O)N4C3)nccc2c1. The molecule has 12 nitrogen and oxygen atoms in total. The number of pyridine rings is 1. The maximum atomic E-state index is 15.0. The number of nitrogens with zero attached hydrogens (tertiary/aromatic N) is 2. The summed E-state index contributed by atoms with van der Waals surface area (Å²) in [5.74, 6) is -4.12. The zero-order valence-electron chi connectivity index (χ0n) is 33.7. The van der Waals surface area contributed by atoms with Crippen LogP contribution in [-0.2, 0) is 33.9 Å². The van der Waals surface area contributed by atoms with Gasteiger partial charge in [-0.15, -0.1) is 0 Å². The lowest BCUT2D eigenvalue weighted by atomic mass is 9.79. The number of Topliss-reactive ketones (excluding diaryl/α,β-unsaturated/α-hetero) is 1. The first kappa shape index (κ1) is 43.4. The van der Waals surface area contributed by atoms with Crippen LogP contribution in [-0.4, -0.2) is 84.2 Å². The zero-order valence-corrected chi connectivity index (χ0v) is 34.5. The Morgan fingerprint density at radius 1 is 1.07 bits per heavy atom. The predicted molar refractivity (Wildman–Crippen MR) is 208 cm³/mol. The van der Waals surface area contributed by atoms with Gasteiger partial charge in [0.15, 0.2) is 5.78 Å². The minimum Gasteiger partial charge on any atom is -0.494 e. The number of carbonyl (C=O) groups is 4. The molecule has 4 aliphatic rings. The molecule has 2 aliphatic heterocycles. The third kappa shape index (κ3) is 9.47. The van der Waals surface area contributed by atoms with E-state index < -0.39 is 92.4 Å². The fraction of sp³-hybridized carbons (Fsp3) is 0.643. The predicted octanol–water partition coefficient (Wildman–Crippen LogP) is 6.85. The van der Waals surface area contributed by atoms with Gasteiger partial charge in [0.25, 0.3) is 0 Å². The van der Waals surface area contributed by atoms with Crippen LogP contribution in [0.3, 0.4) is 0 Å². The Morgan fingerprint density at radius 2 is 1.81 bits per heavy atom. The molecule has 2 amide bonds. The third-order valence-electron chi connectivity index (χ3n) is 12.2. The number of amides is 2. The van der Waals surface area contributed by atoms with Crippen molar-refractivity contribution in [2.45, 2.75) is 128 Å². The molecule has 58 heavy (non-hydrogen) atoms. The molecule has 7 atom stereocenters. The quantitative estimate of drug-likeness (QED) is 0.188. The molecule has 318 valence electrons. The summed E-state index contributed by atoms with van der Waals surface area (Å²) in [6.45, 7) is 7.57. The number of aromatic nitrogens is 1. The molecule has 6 rings (SSSR count). The lowest BCUT2D eigenvalue weighted by molar-refractivity contribution is -0.257. The van der Waals surface area contributed by atoms with Crippen molar-refractivity contribution in [3.05, 3.63) is 42.6 Å². The van der Waals surface area contributed by atoms with E-state index >= 15 is 0 Å². The van der Waals surface area contributed by atoms with E-state index in [1.165, 1.54) is 4.90 Å². The van der Waals surface area contributed by atoms with Gasteiger partial charge in [-0.3, -0.25) is 23.9 Å². The third-order valence-corrected chi connectivity index (χ3v) is 14.0. The summed E-state index contributed by atoms with van der Waals surface area (Å²) < 4.78 is 86.6. The summed E-state index contributed by atoms with van der Waals surface area (Å²) in [6, 6.07) is 6.04. The highest BCUT2D eigenvalue weighted by Gasteiger charge is 2.62. The number of allylic oxidation sites excluding steroid dienone is 2. The first-order valence-corrected chi connectivity index (χ1v) is 21.9. The summed E-state index contributed by atoms with van der Waals surface area (Å²) in [4.78, 5) is 62.6. The maximum Gasteiger partial charge on any atom is 0.427 e. The van der Waals surface area contributed by atoms with E-state index in [4.69, 9.17) is 14.2 Å². The number of ketones is 1. The molecule has 1 N–H and O–H groups in total. The second kappa shape index (κ2) is 16.8. The standard InChI is InChI=1S/C42H54F3N3O9S/c1-6-26-18-25(3)10-8-9-11-28-22-41(28,39(52)47-58(53,54)31-13-14-31)23-35(49)34-20-30(56-37-32-15-12-29(55-7-2)19-27(32)16-17-46-37)24-48(34)38(51)33(26)21-36(50)57-40(4,5)42(43,44)45/h9,11-12,15-17,19,25-26,28,30-31,33-34H,6-8,10,13-14,18,20-24H2,1-5H3,(H,47,52)/b11-9-/t25-,26-,28-,30-,33+,34+,41-/m1/s1. The van der Waals surface area contributed by atoms with Gasteiger partial charge in [0.05, 0.1) is 42.2 Å². The molecule has 1 aromatic heterocycles. The van der Waals surface area contributed by atoms with Gasteiger partial charge in [-0.1, -0.05) is 32.4 Å². The van der Waals surface area contributed by atoms with Gasteiger partial charge in [-0.2, -0.15) is 13.2 Å². The topological polar surface area (TPSA) is 158 Å². The van der Waals surface area contributed by atoms with Crippen LogP contribution in [0, 0.1) is 29.1 Å². The summed E-state index contributed by atoms with van der Waals surface area (Å²) in [6.07, 6.45) is 1.99. The van der Waals surface area contributed by atoms with Gasteiger partial charge in [0, 0.05) is 24.4 Å². The molecule has 2 aromatic rings. The lowest BCUT2D eigenvalue weighted by Crippen LogP contribution is -2.48. The highest BCUT2D eigenvalue weighted by molar-refractivity contribution is 7.90. The van der Waals surface area contributed by atoms with Crippen molar-refractivity contribution in [3.63, 3.8) is 0 Å². The smallest absolute Gasteiger partial charge is 0.427 e. The number of carbonyl (C=O) groups excluding carboxylic acids is 4. The highest BCUT2D eigenvalue weighted by atomic mass is 32.2. The Labute approximate surface area is 337 Å². The number of rotatable bonds is 11. The van der Waals surface area contributed by atoms with E-state index in [0.29, 0.717) is 56.3 Å². The Bertz CT molecular complexity index is 2040. The minimum atomic E-state index is -4.86. The molecular formula is C42H54F3N3O9S. The molecule has 0 unspecified atom stereocenters. The number of nitrogens with one attached hydrogen (secondary N) is 1. The molecule has 2 aliphatic carbocycles. The average molecular weight is 834 g/mol. The minimum absolute atomic E-state index is 0.0102. The summed E-state index contributed by atoms with van der Waals surface area (Å²) in [5.41, 5.74) is -4.17. The van der Waals surface area contributed by atoms with Gasteiger partial charge in [-0.05, 0) is 107 Å². The van der Waals surface area contributed by atoms with Gasteiger partial charge < -0.3 is 19.1 Å².